The third-order valence-electron chi connectivity index (χ3n) is 2.30. The highest BCUT2D eigenvalue weighted by Gasteiger charge is 2.15. The molecule has 0 amide bonds. The highest BCUT2D eigenvalue weighted by Crippen LogP contribution is 2.23. The van der Waals surface area contributed by atoms with Gasteiger partial charge in [0, 0.05) is 10.2 Å². The van der Waals surface area contributed by atoms with E-state index in [4.69, 9.17) is 10.2 Å². The smallest absolute Gasteiger partial charge is 0.241 e. The van der Waals surface area contributed by atoms with Crippen molar-refractivity contribution in [3.63, 3.8) is 0 Å². The predicted molar refractivity (Wildman–Crippen MR) is 71.3 cm³/mol. The topological polar surface area (TPSA) is 85.3 Å². The van der Waals surface area contributed by atoms with Crippen LogP contribution in [0.5, 0.6) is 0 Å². The number of rotatable bonds is 4. The zero-order valence-electron chi connectivity index (χ0n) is 9.26. The quantitative estimate of drug-likeness (QED) is 0.840. The molecule has 0 spiro atoms. The molecule has 1 heterocycles. The van der Waals surface area contributed by atoms with E-state index >= 15 is 0 Å². The lowest BCUT2D eigenvalue weighted by molar-refractivity contribution is 0.498. The number of nitrogens with two attached hydrogens (primary N) is 1. The van der Waals surface area contributed by atoms with Crippen molar-refractivity contribution in [3.8, 4) is 0 Å². The number of hydrogen-bond acceptors (Lipinski definition) is 4. The van der Waals surface area contributed by atoms with E-state index in [-0.39, 0.29) is 11.4 Å². The second-order valence-electron chi connectivity index (χ2n) is 3.59. The predicted octanol–water partition coefficient (Wildman–Crippen LogP) is 2.10. The summed E-state index contributed by atoms with van der Waals surface area (Å²) in [7, 11) is -3.57. The molecular weight excluding hydrogens is 320 g/mol. The lowest BCUT2D eigenvalue weighted by Crippen LogP contribution is -2.23. The summed E-state index contributed by atoms with van der Waals surface area (Å²) >= 11 is 3.19. The zero-order valence-corrected chi connectivity index (χ0v) is 11.7. The Morgan fingerprint density at radius 1 is 1.33 bits per heavy atom. The van der Waals surface area contributed by atoms with Crippen molar-refractivity contribution < 1.29 is 12.8 Å². The van der Waals surface area contributed by atoms with Crippen molar-refractivity contribution in [2.45, 2.75) is 11.4 Å². The van der Waals surface area contributed by atoms with Gasteiger partial charge in [0.2, 0.25) is 10.0 Å². The van der Waals surface area contributed by atoms with E-state index in [0.717, 1.165) is 0 Å². The molecule has 1 aromatic heterocycles. The van der Waals surface area contributed by atoms with Crippen molar-refractivity contribution in [3.05, 3.63) is 46.8 Å². The maximum atomic E-state index is 12.0. The van der Waals surface area contributed by atoms with Crippen molar-refractivity contribution in [1.82, 2.24) is 4.72 Å². The Bertz CT molecular complexity index is 638. The van der Waals surface area contributed by atoms with Gasteiger partial charge in [-0.05, 0) is 46.3 Å². The highest BCUT2D eigenvalue weighted by molar-refractivity contribution is 9.10. The number of sulfonamides is 1. The van der Waals surface area contributed by atoms with Gasteiger partial charge in [0.1, 0.15) is 5.76 Å². The molecule has 2 rings (SSSR count). The maximum Gasteiger partial charge on any atom is 0.241 e. The van der Waals surface area contributed by atoms with E-state index in [1.54, 1.807) is 12.1 Å². The molecule has 0 saturated carbocycles. The van der Waals surface area contributed by atoms with E-state index in [9.17, 15) is 8.42 Å². The Labute approximate surface area is 113 Å². The molecule has 5 nitrogen and oxygen atoms in total. The van der Waals surface area contributed by atoms with E-state index in [0.29, 0.717) is 15.9 Å². The van der Waals surface area contributed by atoms with E-state index in [2.05, 4.69) is 20.7 Å². The van der Waals surface area contributed by atoms with Crippen LogP contribution >= 0.6 is 15.9 Å². The molecule has 0 fully saturated rings. The van der Waals surface area contributed by atoms with Gasteiger partial charge in [-0.1, -0.05) is 0 Å². The van der Waals surface area contributed by atoms with E-state index < -0.39 is 10.0 Å². The second kappa shape index (κ2) is 5.13. The number of benzene rings is 1. The van der Waals surface area contributed by atoms with Crippen LogP contribution in [0.4, 0.5) is 5.69 Å². The summed E-state index contributed by atoms with van der Waals surface area (Å²) in [5.74, 6) is 0.549. The molecule has 7 heteroatoms. The van der Waals surface area contributed by atoms with Gasteiger partial charge in [0.05, 0.1) is 17.7 Å². The molecule has 96 valence electrons. The normalized spacial score (nSPS) is 11.6. The lowest BCUT2D eigenvalue weighted by atomic mass is 10.3. The summed E-state index contributed by atoms with van der Waals surface area (Å²) in [6.45, 7) is 0.108. The molecule has 0 bridgehead atoms. The number of furan rings is 1. The van der Waals surface area contributed by atoms with Crippen LogP contribution in [0.3, 0.4) is 0 Å². The average molecular weight is 331 g/mol. The highest BCUT2D eigenvalue weighted by atomic mass is 79.9. The maximum absolute atomic E-state index is 12.0. The van der Waals surface area contributed by atoms with Gasteiger partial charge in [-0.15, -0.1) is 0 Å². The summed E-state index contributed by atoms with van der Waals surface area (Å²) in [5.41, 5.74) is 6.09. The van der Waals surface area contributed by atoms with Crippen molar-refractivity contribution in [1.29, 1.82) is 0 Å². The number of nitrogens with one attached hydrogen (secondary N) is 1. The van der Waals surface area contributed by atoms with Crippen LogP contribution < -0.4 is 10.5 Å². The molecule has 0 saturated heterocycles. The van der Waals surface area contributed by atoms with Crippen LogP contribution in [0.15, 0.2) is 50.4 Å². The molecule has 0 unspecified atom stereocenters. The fourth-order valence-electron chi connectivity index (χ4n) is 1.34. The van der Waals surface area contributed by atoms with Crippen LogP contribution in [0.25, 0.3) is 0 Å². The van der Waals surface area contributed by atoms with E-state index in [1.165, 1.54) is 24.5 Å². The van der Waals surface area contributed by atoms with Gasteiger partial charge in [0.15, 0.2) is 0 Å². The third kappa shape index (κ3) is 2.92. The Morgan fingerprint density at radius 2 is 2.11 bits per heavy atom. The molecule has 3 N–H and O–H groups in total. The monoisotopic (exact) mass is 330 g/mol. The van der Waals surface area contributed by atoms with Gasteiger partial charge < -0.3 is 10.2 Å². The van der Waals surface area contributed by atoms with Crippen LogP contribution in [0.1, 0.15) is 5.76 Å². The fraction of sp³-hybridized carbons (Fsp3) is 0.0909. The first kappa shape index (κ1) is 13.1. The molecule has 0 aliphatic rings. The Morgan fingerprint density at radius 3 is 2.72 bits per heavy atom. The summed E-state index contributed by atoms with van der Waals surface area (Å²) in [5, 5.41) is 0. The number of nitrogen functional groups attached to an aromatic ring is 1. The van der Waals surface area contributed by atoms with E-state index in [1.807, 2.05) is 0 Å². The molecule has 0 aliphatic carbocycles. The summed E-state index contributed by atoms with van der Waals surface area (Å²) in [6, 6.07) is 7.83. The van der Waals surface area contributed by atoms with Crippen LogP contribution in [-0.2, 0) is 16.6 Å². The van der Waals surface area contributed by atoms with Gasteiger partial charge in [-0.3, -0.25) is 0 Å². The molecule has 0 aliphatic heterocycles. The molecule has 2 aromatic rings. The van der Waals surface area contributed by atoms with Crippen LogP contribution in [-0.4, -0.2) is 8.42 Å². The minimum atomic E-state index is -3.57. The average Bonchev–Trinajstić information content (AvgIpc) is 2.83. The summed E-state index contributed by atoms with van der Waals surface area (Å²) in [4.78, 5) is 0.148. The number of halogens is 1. The van der Waals surface area contributed by atoms with Gasteiger partial charge in [-0.2, -0.15) is 0 Å². The van der Waals surface area contributed by atoms with Gasteiger partial charge >= 0.3 is 0 Å². The summed E-state index contributed by atoms with van der Waals surface area (Å²) < 4.78 is 32.0. The molecular formula is C11H11BrN2O3S. The minimum Gasteiger partial charge on any atom is -0.468 e. The Kier molecular flexibility index (Phi) is 3.74. The molecule has 1 aromatic carbocycles. The van der Waals surface area contributed by atoms with Crippen LogP contribution in [0.2, 0.25) is 0 Å². The lowest BCUT2D eigenvalue weighted by Gasteiger charge is -2.06. The van der Waals surface area contributed by atoms with Crippen molar-refractivity contribution in [2.75, 3.05) is 5.73 Å². The second-order valence-corrected chi connectivity index (χ2v) is 6.21. The molecule has 18 heavy (non-hydrogen) atoms. The number of anilines is 1. The standard InChI is InChI=1S/C11H11BrN2O3S/c12-10-6-9(3-4-11(10)13)18(15,16)14-7-8-2-1-5-17-8/h1-6,14H,7,13H2. The Balaban J connectivity index is 2.17. The van der Waals surface area contributed by atoms with Gasteiger partial charge in [-0.25, -0.2) is 13.1 Å². The van der Waals surface area contributed by atoms with Crippen molar-refractivity contribution in [2.24, 2.45) is 0 Å². The summed E-state index contributed by atoms with van der Waals surface area (Å²) in [6.07, 6.45) is 1.49. The zero-order chi connectivity index (χ0) is 13.2. The minimum absolute atomic E-state index is 0.108. The molecule has 0 atom stereocenters. The first-order valence-electron chi connectivity index (χ1n) is 5.06. The third-order valence-corrected chi connectivity index (χ3v) is 4.38. The first-order chi connectivity index (χ1) is 8.49. The largest absolute Gasteiger partial charge is 0.468 e. The van der Waals surface area contributed by atoms with Crippen LogP contribution in [0, 0.1) is 0 Å². The Hall–Kier alpha value is -1.31. The SMILES string of the molecule is Nc1ccc(S(=O)(=O)NCc2ccco2)cc1Br. The fourth-order valence-corrected chi connectivity index (χ4v) is 2.89. The molecule has 0 radical (unpaired) electrons. The number of hydrogen-bond donors (Lipinski definition) is 2. The van der Waals surface area contributed by atoms with Gasteiger partial charge in [0.25, 0.3) is 0 Å². The van der Waals surface area contributed by atoms with Crippen molar-refractivity contribution >= 4 is 31.6 Å². The first-order valence-corrected chi connectivity index (χ1v) is 7.34.